The molecule has 0 saturated heterocycles. The molecule has 3 rings (SSSR count). The highest BCUT2D eigenvalue weighted by molar-refractivity contribution is 5.77. The Bertz CT molecular complexity index is 555. The third-order valence-electron chi connectivity index (χ3n) is 3.14. The molecule has 17 heavy (non-hydrogen) atoms. The van der Waals surface area contributed by atoms with Gasteiger partial charge in [-0.2, -0.15) is 0 Å². The fourth-order valence-corrected chi connectivity index (χ4v) is 2.47. The smallest absolute Gasteiger partial charge is 0.120 e. The van der Waals surface area contributed by atoms with Crippen molar-refractivity contribution in [3.8, 4) is 16.9 Å². The maximum Gasteiger partial charge on any atom is 0.120 e. The van der Waals surface area contributed by atoms with Crippen LogP contribution in [0.4, 0.5) is 0 Å². The van der Waals surface area contributed by atoms with Crippen molar-refractivity contribution in [2.45, 2.75) is 26.4 Å². The zero-order valence-corrected chi connectivity index (χ0v) is 10.2. The average Bonchev–Trinajstić information content (AvgIpc) is 2.65. The Hall–Kier alpha value is -1.76. The summed E-state index contributed by atoms with van der Waals surface area (Å²) in [6.45, 7) is 4.12. The van der Waals surface area contributed by atoms with Gasteiger partial charge in [-0.05, 0) is 54.7 Å². The van der Waals surface area contributed by atoms with Crippen LogP contribution < -0.4 is 4.74 Å². The molecular formula is C16H16O. The van der Waals surface area contributed by atoms with Crippen molar-refractivity contribution >= 4 is 0 Å². The molecule has 2 aromatic carbocycles. The Morgan fingerprint density at radius 1 is 0.941 bits per heavy atom. The molecule has 0 saturated carbocycles. The molecule has 2 aromatic rings. The fraction of sp³-hybridized carbons (Fsp3) is 0.250. The van der Waals surface area contributed by atoms with Crippen molar-refractivity contribution in [1.29, 1.82) is 0 Å². The first-order valence-corrected chi connectivity index (χ1v) is 6.12. The second-order valence-electron chi connectivity index (χ2n) is 4.82. The van der Waals surface area contributed by atoms with E-state index in [-0.39, 0.29) is 6.10 Å². The molecule has 0 atom stereocenters. The van der Waals surface area contributed by atoms with E-state index in [9.17, 15) is 0 Å². The Kier molecular flexibility index (Phi) is 2.40. The van der Waals surface area contributed by atoms with Gasteiger partial charge in [-0.3, -0.25) is 0 Å². The molecule has 0 fully saturated rings. The van der Waals surface area contributed by atoms with Crippen molar-refractivity contribution in [2.75, 3.05) is 0 Å². The van der Waals surface area contributed by atoms with Crippen molar-refractivity contribution in [3.63, 3.8) is 0 Å². The normalized spacial score (nSPS) is 12.4. The molecule has 0 radical (unpaired) electrons. The van der Waals surface area contributed by atoms with Crippen LogP contribution in [0.25, 0.3) is 11.1 Å². The van der Waals surface area contributed by atoms with Gasteiger partial charge in [0.2, 0.25) is 0 Å². The monoisotopic (exact) mass is 224 g/mol. The lowest BCUT2D eigenvalue weighted by molar-refractivity contribution is 0.242. The van der Waals surface area contributed by atoms with Gasteiger partial charge in [-0.15, -0.1) is 0 Å². The van der Waals surface area contributed by atoms with Gasteiger partial charge < -0.3 is 4.74 Å². The molecule has 86 valence electrons. The first-order chi connectivity index (χ1) is 8.24. The maximum absolute atomic E-state index is 5.74. The molecule has 0 aromatic heterocycles. The predicted octanol–water partition coefficient (Wildman–Crippen LogP) is 4.05. The molecule has 1 aliphatic carbocycles. The molecule has 0 amide bonds. The first-order valence-electron chi connectivity index (χ1n) is 6.12. The fourth-order valence-electron chi connectivity index (χ4n) is 2.47. The number of benzene rings is 2. The van der Waals surface area contributed by atoms with Gasteiger partial charge >= 0.3 is 0 Å². The predicted molar refractivity (Wildman–Crippen MR) is 70.4 cm³/mol. The lowest BCUT2D eigenvalue weighted by Gasteiger charge is -2.11. The topological polar surface area (TPSA) is 9.23 Å². The lowest BCUT2D eigenvalue weighted by Crippen LogP contribution is -2.05. The van der Waals surface area contributed by atoms with Crippen molar-refractivity contribution in [3.05, 3.63) is 53.6 Å². The van der Waals surface area contributed by atoms with Crippen molar-refractivity contribution < 1.29 is 4.74 Å². The van der Waals surface area contributed by atoms with Gasteiger partial charge in [0, 0.05) is 0 Å². The molecule has 1 aliphatic rings. The van der Waals surface area contributed by atoms with Crippen LogP contribution in [0.15, 0.2) is 42.5 Å². The molecule has 0 unspecified atom stereocenters. The average molecular weight is 224 g/mol. The van der Waals surface area contributed by atoms with Crippen molar-refractivity contribution in [1.82, 2.24) is 0 Å². The summed E-state index contributed by atoms with van der Waals surface area (Å²) in [6.07, 6.45) is 1.26. The summed E-state index contributed by atoms with van der Waals surface area (Å²) in [6, 6.07) is 15.0. The van der Waals surface area contributed by atoms with Gasteiger partial charge in [0.05, 0.1) is 6.10 Å². The molecule has 0 heterocycles. The van der Waals surface area contributed by atoms with Gasteiger partial charge in [-0.1, -0.05) is 30.3 Å². The third kappa shape index (κ3) is 1.82. The minimum atomic E-state index is 0.233. The lowest BCUT2D eigenvalue weighted by atomic mass is 10.1. The summed E-state index contributed by atoms with van der Waals surface area (Å²) in [4.78, 5) is 0. The summed E-state index contributed by atoms with van der Waals surface area (Å²) >= 11 is 0. The van der Waals surface area contributed by atoms with Gasteiger partial charge in [0.15, 0.2) is 0 Å². The molecule has 0 aliphatic heterocycles. The van der Waals surface area contributed by atoms with Crippen LogP contribution >= 0.6 is 0 Å². The zero-order valence-electron chi connectivity index (χ0n) is 10.2. The van der Waals surface area contributed by atoms with Crippen molar-refractivity contribution in [2.24, 2.45) is 0 Å². The number of rotatable bonds is 2. The SMILES string of the molecule is CC(C)Oc1ccc2c(c1)Cc1ccccc1-2. The second-order valence-corrected chi connectivity index (χ2v) is 4.82. The van der Waals surface area contributed by atoms with Gasteiger partial charge in [0.1, 0.15) is 5.75 Å². The zero-order chi connectivity index (χ0) is 11.8. The molecule has 0 spiro atoms. The number of ether oxygens (including phenoxy) is 1. The Morgan fingerprint density at radius 2 is 1.71 bits per heavy atom. The Balaban J connectivity index is 2.01. The van der Waals surface area contributed by atoms with E-state index in [0.29, 0.717) is 0 Å². The van der Waals surface area contributed by atoms with E-state index < -0.39 is 0 Å². The van der Waals surface area contributed by atoms with Gasteiger partial charge in [0.25, 0.3) is 0 Å². The van der Waals surface area contributed by atoms with Crippen LogP contribution in [0, 0.1) is 0 Å². The molecule has 1 heteroatoms. The highest BCUT2D eigenvalue weighted by Gasteiger charge is 2.18. The number of fused-ring (bicyclic) bond motifs is 3. The molecular weight excluding hydrogens is 208 g/mol. The first kappa shape index (κ1) is 10.4. The summed E-state index contributed by atoms with van der Waals surface area (Å²) in [5.74, 6) is 0.978. The highest BCUT2D eigenvalue weighted by Crippen LogP contribution is 2.38. The Morgan fingerprint density at radius 3 is 2.53 bits per heavy atom. The number of hydrogen-bond donors (Lipinski definition) is 0. The highest BCUT2D eigenvalue weighted by atomic mass is 16.5. The third-order valence-corrected chi connectivity index (χ3v) is 3.14. The maximum atomic E-state index is 5.74. The van der Waals surface area contributed by atoms with Crippen LogP contribution in [0.3, 0.4) is 0 Å². The Labute approximate surface area is 102 Å². The van der Waals surface area contributed by atoms with Crippen LogP contribution in [-0.4, -0.2) is 6.10 Å². The van der Waals surface area contributed by atoms with Gasteiger partial charge in [-0.25, -0.2) is 0 Å². The van der Waals surface area contributed by atoms with E-state index in [0.717, 1.165) is 12.2 Å². The summed E-state index contributed by atoms with van der Waals surface area (Å²) in [5, 5.41) is 0. The summed E-state index contributed by atoms with van der Waals surface area (Å²) in [5.41, 5.74) is 5.53. The summed E-state index contributed by atoms with van der Waals surface area (Å²) < 4.78 is 5.74. The van der Waals surface area contributed by atoms with Crippen LogP contribution in [0.1, 0.15) is 25.0 Å². The quantitative estimate of drug-likeness (QED) is 0.638. The summed E-state index contributed by atoms with van der Waals surface area (Å²) in [7, 11) is 0. The second kappa shape index (κ2) is 3.92. The van der Waals surface area contributed by atoms with E-state index in [1.807, 2.05) is 0 Å². The number of hydrogen-bond acceptors (Lipinski definition) is 1. The molecule has 0 bridgehead atoms. The van der Waals surface area contributed by atoms with E-state index in [1.165, 1.54) is 22.3 Å². The van der Waals surface area contributed by atoms with E-state index in [1.54, 1.807) is 0 Å². The minimum Gasteiger partial charge on any atom is -0.491 e. The standard InChI is InChI=1S/C16H16O/c1-11(2)17-14-7-8-16-13(10-14)9-12-5-3-4-6-15(12)16/h3-8,10-11H,9H2,1-2H3. The molecule has 0 N–H and O–H groups in total. The largest absolute Gasteiger partial charge is 0.491 e. The van der Waals surface area contributed by atoms with Crippen LogP contribution in [-0.2, 0) is 6.42 Å². The van der Waals surface area contributed by atoms with Crippen LogP contribution in [0.5, 0.6) is 5.75 Å². The van der Waals surface area contributed by atoms with E-state index in [4.69, 9.17) is 4.74 Å². The van der Waals surface area contributed by atoms with Crippen LogP contribution in [0.2, 0.25) is 0 Å². The van der Waals surface area contributed by atoms with E-state index >= 15 is 0 Å². The van der Waals surface area contributed by atoms with E-state index in [2.05, 4.69) is 56.3 Å². The molecule has 1 nitrogen and oxygen atoms in total. The minimum absolute atomic E-state index is 0.233.